The Labute approximate surface area is 95.3 Å². The fourth-order valence-corrected chi connectivity index (χ4v) is 1.39. The predicted octanol–water partition coefficient (Wildman–Crippen LogP) is 0.908. The Morgan fingerprint density at radius 1 is 1.40 bits per heavy atom. The fourth-order valence-electron chi connectivity index (χ4n) is 0.966. The van der Waals surface area contributed by atoms with E-state index in [1.54, 1.807) is 6.07 Å². The summed E-state index contributed by atoms with van der Waals surface area (Å²) in [5, 5.41) is 5.21. The lowest BCUT2D eigenvalue weighted by molar-refractivity contribution is -0.118. The number of rotatable bonds is 4. The zero-order valence-electron chi connectivity index (χ0n) is 8.17. The molecule has 2 amide bonds. The molecule has 1 aromatic heterocycles. The van der Waals surface area contributed by atoms with E-state index in [9.17, 15) is 9.59 Å². The molecule has 1 rings (SSSR count). The number of furan rings is 1. The highest BCUT2D eigenvalue weighted by atomic mass is 79.9. The molecule has 0 saturated heterocycles. The van der Waals surface area contributed by atoms with Crippen LogP contribution in [0.3, 0.4) is 0 Å². The molecule has 1 heterocycles. The van der Waals surface area contributed by atoms with E-state index in [0.717, 1.165) is 0 Å². The van der Waals surface area contributed by atoms with Gasteiger partial charge in [-0.25, -0.2) is 0 Å². The Hall–Kier alpha value is -1.30. The largest absolute Gasteiger partial charge is 0.457 e. The second kappa shape index (κ2) is 5.55. The molecular weight excluding hydrogens is 264 g/mol. The van der Waals surface area contributed by atoms with Crippen LogP contribution in [0.2, 0.25) is 0 Å². The first-order valence-electron chi connectivity index (χ1n) is 4.37. The van der Waals surface area contributed by atoms with Crippen molar-refractivity contribution < 1.29 is 14.0 Å². The van der Waals surface area contributed by atoms with Gasteiger partial charge in [0.05, 0.1) is 11.8 Å². The average molecular weight is 275 g/mol. The van der Waals surface area contributed by atoms with E-state index in [2.05, 4.69) is 26.6 Å². The van der Waals surface area contributed by atoms with Gasteiger partial charge in [-0.05, 0) is 22.0 Å². The number of nitrogens with one attached hydrogen (secondary N) is 2. The van der Waals surface area contributed by atoms with Crippen LogP contribution in [-0.2, 0) is 4.79 Å². The standard InChI is InChI=1S/C9H11BrN2O3/c1-6(13)11-3-4-12-9(14)7-2-5-15-8(7)10/h2,5H,3-4H2,1H3,(H,11,13)(H,12,14). The topological polar surface area (TPSA) is 71.3 Å². The summed E-state index contributed by atoms with van der Waals surface area (Å²) in [5.41, 5.74) is 0.442. The Morgan fingerprint density at radius 3 is 2.60 bits per heavy atom. The summed E-state index contributed by atoms with van der Waals surface area (Å²) in [6, 6.07) is 1.57. The molecule has 0 saturated carbocycles. The number of carbonyl (C=O) groups excluding carboxylic acids is 2. The average Bonchev–Trinajstić information content (AvgIpc) is 2.58. The van der Waals surface area contributed by atoms with Crippen molar-refractivity contribution in [3.63, 3.8) is 0 Å². The first-order valence-corrected chi connectivity index (χ1v) is 5.16. The first-order chi connectivity index (χ1) is 7.11. The summed E-state index contributed by atoms with van der Waals surface area (Å²) in [5.74, 6) is -0.352. The fraction of sp³-hybridized carbons (Fsp3) is 0.333. The minimum atomic E-state index is -0.235. The van der Waals surface area contributed by atoms with Crippen LogP contribution >= 0.6 is 15.9 Å². The van der Waals surface area contributed by atoms with Crippen LogP contribution < -0.4 is 10.6 Å². The van der Waals surface area contributed by atoms with Crippen molar-refractivity contribution in [2.45, 2.75) is 6.92 Å². The third kappa shape index (κ3) is 3.75. The SMILES string of the molecule is CC(=O)NCCNC(=O)c1ccoc1Br. The van der Waals surface area contributed by atoms with Gasteiger partial charge in [0.25, 0.3) is 5.91 Å². The van der Waals surface area contributed by atoms with Crippen LogP contribution in [0.1, 0.15) is 17.3 Å². The maximum Gasteiger partial charge on any atom is 0.255 e. The predicted molar refractivity (Wildman–Crippen MR) is 57.4 cm³/mol. The Bertz CT molecular complexity index is 362. The molecule has 0 atom stereocenters. The van der Waals surface area contributed by atoms with Gasteiger partial charge in [0.1, 0.15) is 0 Å². The summed E-state index contributed by atoms with van der Waals surface area (Å²) in [6.45, 7) is 2.22. The maximum atomic E-state index is 11.5. The van der Waals surface area contributed by atoms with Crippen LogP contribution in [0.4, 0.5) is 0 Å². The lowest BCUT2D eigenvalue weighted by Crippen LogP contribution is -2.33. The summed E-state index contributed by atoms with van der Waals surface area (Å²) >= 11 is 3.10. The van der Waals surface area contributed by atoms with Crippen molar-refractivity contribution in [3.8, 4) is 0 Å². The highest BCUT2D eigenvalue weighted by molar-refractivity contribution is 9.10. The van der Waals surface area contributed by atoms with Crippen LogP contribution in [-0.4, -0.2) is 24.9 Å². The van der Waals surface area contributed by atoms with E-state index in [1.165, 1.54) is 13.2 Å². The molecular formula is C9H11BrN2O3. The van der Waals surface area contributed by atoms with Crippen LogP contribution in [0, 0.1) is 0 Å². The molecule has 5 nitrogen and oxygen atoms in total. The van der Waals surface area contributed by atoms with Crippen LogP contribution in [0.5, 0.6) is 0 Å². The zero-order valence-corrected chi connectivity index (χ0v) is 9.76. The lowest BCUT2D eigenvalue weighted by Gasteiger charge is -2.04. The van der Waals surface area contributed by atoms with E-state index in [4.69, 9.17) is 4.42 Å². The molecule has 82 valence electrons. The second-order valence-electron chi connectivity index (χ2n) is 2.85. The van der Waals surface area contributed by atoms with Crippen molar-refractivity contribution in [2.24, 2.45) is 0 Å². The Kier molecular flexibility index (Phi) is 4.36. The minimum absolute atomic E-state index is 0.117. The van der Waals surface area contributed by atoms with Gasteiger partial charge in [0.15, 0.2) is 4.67 Å². The Morgan fingerprint density at radius 2 is 2.07 bits per heavy atom. The normalized spacial score (nSPS) is 9.73. The molecule has 2 N–H and O–H groups in total. The summed E-state index contributed by atoms with van der Waals surface area (Å²) < 4.78 is 5.32. The molecule has 6 heteroatoms. The summed E-state index contributed by atoms with van der Waals surface area (Å²) in [6.07, 6.45) is 1.42. The molecule has 0 fully saturated rings. The van der Waals surface area contributed by atoms with Crippen molar-refractivity contribution in [2.75, 3.05) is 13.1 Å². The molecule has 0 aliphatic rings. The molecule has 0 unspecified atom stereocenters. The molecule has 15 heavy (non-hydrogen) atoms. The molecule has 1 aromatic rings. The van der Waals surface area contributed by atoms with Crippen LogP contribution in [0.15, 0.2) is 21.4 Å². The smallest absolute Gasteiger partial charge is 0.255 e. The molecule has 0 aliphatic heterocycles. The van der Waals surface area contributed by atoms with Gasteiger partial charge in [-0.3, -0.25) is 9.59 Å². The van der Waals surface area contributed by atoms with Crippen LogP contribution in [0.25, 0.3) is 0 Å². The quantitative estimate of drug-likeness (QED) is 0.802. The van der Waals surface area contributed by atoms with E-state index < -0.39 is 0 Å². The summed E-state index contributed by atoms with van der Waals surface area (Å²) in [7, 11) is 0. The second-order valence-corrected chi connectivity index (χ2v) is 3.57. The lowest BCUT2D eigenvalue weighted by atomic mass is 10.3. The van der Waals surface area contributed by atoms with Gasteiger partial charge in [0.2, 0.25) is 5.91 Å². The van der Waals surface area contributed by atoms with Crippen molar-refractivity contribution in [3.05, 3.63) is 22.6 Å². The van der Waals surface area contributed by atoms with Gasteiger partial charge in [-0.2, -0.15) is 0 Å². The summed E-state index contributed by atoms with van der Waals surface area (Å²) in [4.78, 5) is 22.0. The van der Waals surface area contributed by atoms with Gasteiger partial charge in [-0.15, -0.1) is 0 Å². The maximum absolute atomic E-state index is 11.5. The van der Waals surface area contributed by atoms with E-state index in [0.29, 0.717) is 23.3 Å². The van der Waals surface area contributed by atoms with E-state index >= 15 is 0 Å². The highest BCUT2D eigenvalue weighted by Gasteiger charge is 2.11. The Balaban J connectivity index is 2.31. The van der Waals surface area contributed by atoms with Crippen molar-refractivity contribution in [1.29, 1.82) is 0 Å². The monoisotopic (exact) mass is 274 g/mol. The first kappa shape index (κ1) is 11.8. The number of halogens is 1. The van der Waals surface area contributed by atoms with Crippen molar-refractivity contribution >= 4 is 27.7 Å². The number of hydrogen-bond donors (Lipinski definition) is 2. The molecule has 0 bridgehead atoms. The van der Waals surface area contributed by atoms with Gasteiger partial charge in [0, 0.05) is 20.0 Å². The molecule has 0 aromatic carbocycles. The third-order valence-corrected chi connectivity index (χ3v) is 2.26. The molecule has 0 spiro atoms. The van der Waals surface area contributed by atoms with Gasteiger partial charge >= 0.3 is 0 Å². The molecule has 0 aliphatic carbocycles. The van der Waals surface area contributed by atoms with Crippen molar-refractivity contribution in [1.82, 2.24) is 10.6 Å². The number of amides is 2. The zero-order chi connectivity index (χ0) is 11.3. The van der Waals surface area contributed by atoms with Gasteiger partial charge in [-0.1, -0.05) is 0 Å². The highest BCUT2D eigenvalue weighted by Crippen LogP contribution is 2.16. The van der Waals surface area contributed by atoms with E-state index in [1.807, 2.05) is 0 Å². The number of carbonyl (C=O) groups is 2. The molecule has 0 radical (unpaired) electrons. The van der Waals surface area contributed by atoms with E-state index in [-0.39, 0.29) is 11.8 Å². The minimum Gasteiger partial charge on any atom is -0.457 e. The van der Waals surface area contributed by atoms with Gasteiger partial charge < -0.3 is 15.1 Å². The third-order valence-electron chi connectivity index (χ3n) is 1.65. The number of hydrogen-bond acceptors (Lipinski definition) is 3.